The molecule has 0 saturated carbocycles. The summed E-state index contributed by atoms with van der Waals surface area (Å²) < 4.78 is 13.7. The van der Waals surface area contributed by atoms with Gasteiger partial charge in [0.05, 0.1) is 6.61 Å². The fraction of sp³-hybridized carbons (Fsp3) is 0.983. The van der Waals surface area contributed by atoms with Crippen molar-refractivity contribution in [2.45, 2.75) is 341 Å². The quantitative estimate of drug-likeness (QED) is 0.0486. The van der Waals surface area contributed by atoms with E-state index in [1.54, 1.807) is 11.8 Å². The van der Waals surface area contributed by atoms with Gasteiger partial charge in [0.15, 0.2) is 5.12 Å². The van der Waals surface area contributed by atoms with Crippen molar-refractivity contribution in [3.8, 4) is 0 Å². The highest BCUT2D eigenvalue weighted by Gasteiger charge is 2.29. The molecule has 1 atom stereocenters. The molecular formula is C58H119NO3SSi. The van der Waals surface area contributed by atoms with Crippen molar-refractivity contribution in [2.24, 2.45) is 0 Å². The Morgan fingerprint density at radius 1 is 0.406 bits per heavy atom. The van der Waals surface area contributed by atoms with Crippen molar-refractivity contribution in [3.63, 3.8) is 0 Å². The maximum atomic E-state index is 12.8. The van der Waals surface area contributed by atoms with Gasteiger partial charge in [-0.25, -0.2) is 0 Å². The Bertz CT molecular complexity index is 862. The van der Waals surface area contributed by atoms with Crippen LogP contribution in [0.1, 0.15) is 329 Å². The standard InChI is InChI=1S/C58H119NO3SSi/c1-6-10-14-18-22-26-28-30-32-35-38-42-46-51-58(59-5,52-47-43-39-36-33-31-29-27-23-19-15-11-7-2)56-62-64(61-53-48-44-40-25-21-17-13-9-4)55-49-54-63-57(60)50-45-41-37-34-24-20-16-12-8-3/h59,64H,6-56H2,1-5H3. The molecule has 0 radical (unpaired) electrons. The molecular weight excluding hydrogens is 819 g/mol. The molecule has 0 saturated heterocycles. The van der Waals surface area contributed by atoms with E-state index in [1.165, 1.54) is 276 Å². The third kappa shape index (κ3) is 47.2. The number of thioether (sulfide) groups is 1. The summed E-state index contributed by atoms with van der Waals surface area (Å²) in [4.78, 5) is 12.8. The van der Waals surface area contributed by atoms with E-state index in [-0.39, 0.29) is 5.54 Å². The molecule has 6 heteroatoms. The van der Waals surface area contributed by atoms with Gasteiger partial charge in [0.1, 0.15) is 0 Å². The van der Waals surface area contributed by atoms with Crippen LogP contribution in [0.25, 0.3) is 0 Å². The molecule has 0 aliphatic carbocycles. The maximum absolute atomic E-state index is 12.8. The molecule has 0 aliphatic rings. The minimum absolute atomic E-state index is 0.0445. The van der Waals surface area contributed by atoms with Crippen molar-refractivity contribution in [1.82, 2.24) is 5.32 Å². The third-order valence-electron chi connectivity index (χ3n) is 14.2. The van der Waals surface area contributed by atoms with Crippen molar-refractivity contribution < 1.29 is 13.6 Å². The first-order valence-electron chi connectivity index (χ1n) is 29.6. The second-order valence-corrected chi connectivity index (χ2v) is 23.8. The normalized spacial score (nSPS) is 12.5. The minimum Gasteiger partial charge on any atom is -0.397 e. The van der Waals surface area contributed by atoms with Gasteiger partial charge in [-0.15, -0.1) is 0 Å². The molecule has 1 unspecified atom stereocenters. The largest absolute Gasteiger partial charge is 0.397 e. The van der Waals surface area contributed by atoms with Crippen LogP contribution in [0.3, 0.4) is 0 Å². The zero-order chi connectivity index (χ0) is 46.5. The van der Waals surface area contributed by atoms with Crippen molar-refractivity contribution in [1.29, 1.82) is 0 Å². The van der Waals surface area contributed by atoms with Gasteiger partial charge in [0, 0.05) is 24.3 Å². The number of hydrogen-bond acceptors (Lipinski definition) is 5. The van der Waals surface area contributed by atoms with Crippen LogP contribution in [-0.4, -0.2) is 46.0 Å². The molecule has 0 aromatic carbocycles. The summed E-state index contributed by atoms with van der Waals surface area (Å²) in [6.07, 6.45) is 63.0. The smallest absolute Gasteiger partial charge is 0.321 e. The lowest BCUT2D eigenvalue weighted by atomic mass is 9.87. The van der Waals surface area contributed by atoms with Gasteiger partial charge in [-0.1, -0.05) is 303 Å². The molecule has 0 aliphatic heterocycles. The van der Waals surface area contributed by atoms with Crippen LogP contribution in [-0.2, 0) is 13.6 Å². The predicted molar refractivity (Wildman–Crippen MR) is 293 cm³/mol. The lowest BCUT2D eigenvalue weighted by Gasteiger charge is -2.35. The van der Waals surface area contributed by atoms with Gasteiger partial charge in [-0.3, -0.25) is 4.79 Å². The summed E-state index contributed by atoms with van der Waals surface area (Å²) >= 11 is 1.58. The first-order valence-corrected chi connectivity index (χ1v) is 32.4. The topological polar surface area (TPSA) is 47.6 Å². The molecule has 0 rings (SSSR count). The number of carbonyl (C=O) groups is 1. The summed E-state index contributed by atoms with van der Waals surface area (Å²) in [6.45, 7) is 10.8. The van der Waals surface area contributed by atoms with Crippen molar-refractivity contribution in [2.75, 3.05) is 26.0 Å². The Balaban J connectivity index is 5.07. The summed E-state index contributed by atoms with van der Waals surface area (Å²) in [6, 6.07) is 1.02. The number of nitrogens with one attached hydrogen (secondary N) is 1. The summed E-state index contributed by atoms with van der Waals surface area (Å²) in [5.41, 5.74) is 0.0445. The number of carbonyl (C=O) groups excluding carboxylic acids is 1. The maximum Gasteiger partial charge on any atom is 0.321 e. The molecule has 0 fully saturated rings. The molecule has 384 valence electrons. The van der Waals surface area contributed by atoms with E-state index in [0.717, 1.165) is 50.7 Å². The minimum atomic E-state index is -1.85. The van der Waals surface area contributed by atoms with Crippen molar-refractivity contribution >= 4 is 26.2 Å². The molecule has 1 N–H and O–H groups in total. The highest BCUT2D eigenvalue weighted by Crippen LogP contribution is 2.26. The highest BCUT2D eigenvalue weighted by molar-refractivity contribution is 8.13. The van der Waals surface area contributed by atoms with Gasteiger partial charge in [-0.2, -0.15) is 0 Å². The molecule has 4 nitrogen and oxygen atoms in total. The zero-order valence-electron chi connectivity index (χ0n) is 44.8. The second-order valence-electron chi connectivity index (χ2n) is 20.5. The lowest BCUT2D eigenvalue weighted by molar-refractivity contribution is -0.111. The highest BCUT2D eigenvalue weighted by atomic mass is 32.2. The molecule has 64 heavy (non-hydrogen) atoms. The van der Waals surface area contributed by atoms with Gasteiger partial charge in [0.2, 0.25) is 0 Å². The monoisotopic (exact) mass is 938 g/mol. The van der Waals surface area contributed by atoms with E-state index >= 15 is 0 Å². The average molecular weight is 939 g/mol. The zero-order valence-corrected chi connectivity index (χ0v) is 46.7. The number of unbranched alkanes of at least 4 members (excludes halogenated alkanes) is 39. The van der Waals surface area contributed by atoms with Crippen LogP contribution in [0, 0.1) is 0 Å². The number of hydrogen-bond donors (Lipinski definition) is 1. The van der Waals surface area contributed by atoms with Crippen LogP contribution in [0.15, 0.2) is 0 Å². The molecule has 0 aromatic rings. The first-order chi connectivity index (χ1) is 31.6. The van der Waals surface area contributed by atoms with E-state index < -0.39 is 9.28 Å². The van der Waals surface area contributed by atoms with Gasteiger partial charge >= 0.3 is 9.28 Å². The first kappa shape index (κ1) is 64.1. The number of likely N-dealkylation sites (N-methyl/N-ethyl adjacent to an activating group) is 1. The fourth-order valence-corrected chi connectivity index (χ4v) is 12.6. The molecule has 0 amide bonds. The third-order valence-corrected chi connectivity index (χ3v) is 17.3. The number of rotatable bonds is 56. The second kappa shape index (κ2) is 54.1. The Labute approximate surface area is 410 Å². The van der Waals surface area contributed by atoms with E-state index in [0.29, 0.717) is 5.12 Å². The van der Waals surface area contributed by atoms with Crippen LogP contribution >= 0.6 is 11.8 Å². The van der Waals surface area contributed by atoms with E-state index in [1.807, 2.05) is 0 Å². The van der Waals surface area contributed by atoms with Crippen LogP contribution < -0.4 is 5.32 Å². The molecule has 0 heterocycles. The van der Waals surface area contributed by atoms with E-state index in [2.05, 4.69) is 40.1 Å². The Kier molecular flexibility index (Phi) is 54.2. The van der Waals surface area contributed by atoms with Crippen LogP contribution in [0.5, 0.6) is 0 Å². The Morgan fingerprint density at radius 3 is 1.06 bits per heavy atom. The summed E-state index contributed by atoms with van der Waals surface area (Å²) in [5.74, 6) is 0.916. The predicted octanol–water partition coefficient (Wildman–Crippen LogP) is 19.9. The van der Waals surface area contributed by atoms with E-state index in [9.17, 15) is 4.79 Å². The molecule has 0 spiro atoms. The van der Waals surface area contributed by atoms with Gasteiger partial charge in [-0.05, 0) is 45.2 Å². The SMILES string of the molecule is CCCCCCCCCCCCCCCC(CCCCCCCCCCCCCCC)(CO[SiH](CCCSC(=O)CCCCCCCCCCC)OCCCCCCCCCC)NC. The molecule has 0 aromatic heterocycles. The lowest BCUT2D eigenvalue weighted by Crippen LogP contribution is -2.49. The summed E-state index contributed by atoms with van der Waals surface area (Å²) in [7, 11) is 0.363. The Hall–Kier alpha value is 0.117. The van der Waals surface area contributed by atoms with E-state index in [4.69, 9.17) is 8.85 Å². The fourth-order valence-electron chi connectivity index (χ4n) is 9.56. The Morgan fingerprint density at radius 2 is 0.719 bits per heavy atom. The van der Waals surface area contributed by atoms with Crippen LogP contribution in [0.2, 0.25) is 6.04 Å². The molecule has 0 bridgehead atoms. The average Bonchev–Trinajstić information content (AvgIpc) is 3.30. The van der Waals surface area contributed by atoms with Crippen molar-refractivity contribution in [3.05, 3.63) is 0 Å². The van der Waals surface area contributed by atoms with Crippen LogP contribution in [0.4, 0.5) is 0 Å². The van der Waals surface area contributed by atoms with Gasteiger partial charge < -0.3 is 14.2 Å². The van der Waals surface area contributed by atoms with Gasteiger partial charge in [0.25, 0.3) is 0 Å². The summed E-state index contributed by atoms with van der Waals surface area (Å²) in [5, 5.41) is 4.28.